The van der Waals surface area contributed by atoms with E-state index in [-0.39, 0.29) is 5.82 Å². The van der Waals surface area contributed by atoms with Gasteiger partial charge in [-0.2, -0.15) is 0 Å². The van der Waals surface area contributed by atoms with Crippen LogP contribution in [0.4, 0.5) is 4.39 Å². The molecular formula is C18H17FN2. The number of nitrogens with one attached hydrogen (secondary N) is 1. The van der Waals surface area contributed by atoms with Gasteiger partial charge in [-0.15, -0.1) is 0 Å². The van der Waals surface area contributed by atoms with E-state index in [1.807, 2.05) is 43.3 Å². The molecule has 3 rings (SSSR count). The Morgan fingerprint density at radius 1 is 1.10 bits per heavy atom. The number of pyridine rings is 1. The molecule has 0 atom stereocenters. The van der Waals surface area contributed by atoms with E-state index in [0.29, 0.717) is 12.1 Å². The van der Waals surface area contributed by atoms with E-state index in [1.165, 1.54) is 0 Å². The van der Waals surface area contributed by atoms with Crippen LogP contribution in [0.3, 0.4) is 0 Å². The molecule has 0 unspecified atom stereocenters. The molecule has 2 nitrogen and oxygen atoms in total. The highest BCUT2D eigenvalue weighted by Gasteiger charge is 2.09. The normalized spacial score (nSPS) is 11.0. The monoisotopic (exact) mass is 280 g/mol. The molecule has 0 radical (unpaired) electrons. The molecule has 0 saturated heterocycles. The maximum absolute atomic E-state index is 14.4. The Balaban J connectivity index is 2.06. The summed E-state index contributed by atoms with van der Waals surface area (Å²) in [6.07, 6.45) is 3.54. The van der Waals surface area contributed by atoms with Crippen LogP contribution in [0, 0.1) is 5.82 Å². The summed E-state index contributed by atoms with van der Waals surface area (Å²) < 4.78 is 14.4. The number of nitrogens with zero attached hydrogens (tertiary/aromatic N) is 1. The number of benzene rings is 2. The second-order valence-corrected chi connectivity index (χ2v) is 5.00. The minimum Gasteiger partial charge on any atom is -0.313 e. The van der Waals surface area contributed by atoms with E-state index in [0.717, 1.165) is 28.4 Å². The maximum Gasteiger partial charge on any atom is 0.131 e. The van der Waals surface area contributed by atoms with Gasteiger partial charge >= 0.3 is 0 Å². The van der Waals surface area contributed by atoms with Gasteiger partial charge in [-0.05, 0) is 35.2 Å². The summed E-state index contributed by atoms with van der Waals surface area (Å²) in [4.78, 5) is 4.15. The van der Waals surface area contributed by atoms with Crippen LogP contribution in [-0.4, -0.2) is 11.5 Å². The average Bonchev–Trinajstić information content (AvgIpc) is 2.53. The van der Waals surface area contributed by atoms with Crippen molar-refractivity contribution in [1.82, 2.24) is 10.3 Å². The fourth-order valence-corrected chi connectivity index (χ4v) is 2.50. The third-order valence-corrected chi connectivity index (χ3v) is 3.59. The van der Waals surface area contributed by atoms with Crippen molar-refractivity contribution in [1.29, 1.82) is 0 Å². The highest BCUT2D eigenvalue weighted by atomic mass is 19.1. The van der Waals surface area contributed by atoms with Gasteiger partial charge in [-0.1, -0.05) is 37.3 Å². The molecule has 106 valence electrons. The van der Waals surface area contributed by atoms with Gasteiger partial charge in [0.1, 0.15) is 5.82 Å². The zero-order valence-corrected chi connectivity index (χ0v) is 11.9. The van der Waals surface area contributed by atoms with Crippen molar-refractivity contribution in [3.63, 3.8) is 0 Å². The predicted octanol–water partition coefficient (Wildman–Crippen LogP) is 4.15. The number of aromatic nitrogens is 1. The molecule has 0 bridgehead atoms. The third kappa shape index (κ3) is 2.78. The van der Waals surface area contributed by atoms with Crippen LogP contribution in [0.1, 0.15) is 12.5 Å². The van der Waals surface area contributed by atoms with Crippen molar-refractivity contribution >= 4 is 10.8 Å². The van der Waals surface area contributed by atoms with Gasteiger partial charge in [0.25, 0.3) is 0 Å². The largest absolute Gasteiger partial charge is 0.313 e. The second kappa shape index (κ2) is 6.02. The SMILES string of the molecule is CCNCc1ccc(-c2cccc3ccncc23)c(F)c1. The van der Waals surface area contributed by atoms with E-state index in [2.05, 4.69) is 10.3 Å². The molecular weight excluding hydrogens is 263 g/mol. The molecule has 0 spiro atoms. The first-order chi connectivity index (χ1) is 10.3. The van der Waals surface area contributed by atoms with Crippen molar-refractivity contribution in [2.45, 2.75) is 13.5 Å². The molecule has 0 aliphatic heterocycles. The Labute approximate surface area is 123 Å². The Bertz CT molecular complexity index is 763. The van der Waals surface area contributed by atoms with Crippen LogP contribution in [-0.2, 0) is 6.54 Å². The van der Waals surface area contributed by atoms with Gasteiger partial charge in [0.15, 0.2) is 0 Å². The number of halogens is 1. The molecule has 0 aliphatic rings. The lowest BCUT2D eigenvalue weighted by atomic mass is 9.98. The van der Waals surface area contributed by atoms with E-state index < -0.39 is 0 Å². The van der Waals surface area contributed by atoms with Gasteiger partial charge < -0.3 is 5.32 Å². The molecule has 0 amide bonds. The molecule has 0 fully saturated rings. The third-order valence-electron chi connectivity index (χ3n) is 3.59. The summed E-state index contributed by atoms with van der Waals surface area (Å²) in [7, 11) is 0. The fourth-order valence-electron chi connectivity index (χ4n) is 2.50. The number of fused-ring (bicyclic) bond motifs is 1. The molecule has 21 heavy (non-hydrogen) atoms. The van der Waals surface area contributed by atoms with Crippen molar-refractivity contribution in [3.05, 3.63) is 66.2 Å². The first-order valence-electron chi connectivity index (χ1n) is 7.12. The Hall–Kier alpha value is -2.26. The van der Waals surface area contributed by atoms with Crippen molar-refractivity contribution in [2.75, 3.05) is 6.54 Å². The molecule has 1 N–H and O–H groups in total. The van der Waals surface area contributed by atoms with Gasteiger partial charge in [0.2, 0.25) is 0 Å². The highest BCUT2D eigenvalue weighted by Crippen LogP contribution is 2.30. The summed E-state index contributed by atoms with van der Waals surface area (Å²) in [5.41, 5.74) is 2.46. The predicted molar refractivity (Wildman–Crippen MR) is 84.5 cm³/mol. The Morgan fingerprint density at radius 2 is 2.00 bits per heavy atom. The zero-order chi connectivity index (χ0) is 14.7. The minimum absolute atomic E-state index is 0.193. The van der Waals surface area contributed by atoms with Crippen LogP contribution in [0.2, 0.25) is 0 Å². The zero-order valence-electron chi connectivity index (χ0n) is 11.9. The Kier molecular flexibility index (Phi) is 3.93. The first-order valence-corrected chi connectivity index (χ1v) is 7.12. The van der Waals surface area contributed by atoms with E-state index in [4.69, 9.17) is 0 Å². The molecule has 2 aromatic carbocycles. The second-order valence-electron chi connectivity index (χ2n) is 5.00. The molecule has 0 aliphatic carbocycles. The van der Waals surface area contributed by atoms with Gasteiger partial charge in [0.05, 0.1) is 0 Å². The summed E-state index contributed by atoms with van der Waals surface area (Å²) in [5, 5.41) is 5.24. The fraction of sp³-hybridized carbons (Fsp3) is 0.167. The lowest BCUT2D eigenvalue weighted by Crippen LogP contribution is -2.11. The minimum atomic E-state index is -0.193. The molecule has 3 aromatic rings. The number of hydrogen-bond acceptors (Lipinski definition) is 2. The lowest BCUT2D eigenvalue weighted by molar-refractivity contribution is 0.625. The molecule has 1 aromatic heterocycles. The van der Waals surface area contributed by atoms with Crippen molar-refractivity contribution < 1.29 is 4.39 Å². The molecule has 3 heteroatoms. The topological polar surface area (TPSA) is 24.9 Å². The van der Waals surface area contributed by atoms with Gasteiger partial charge in [-0.25, -0.2) is 4.39 Å². The van der Waals surface area contributed by atoms with Gasteiger partial charge in [-0.3, -0.25) is 4.98 Å². The number of hydrogen-bond donors (Lipinski definition) is 1. The number of rotatable bonds is 4. The summed E-state index contributed by atoms with van der Waals surface area (Å²) >= 11 is 0. The first kappa shape index (κ1) is 13.7. The maximum atomic E-state index is 14.4. The highest BCUT2D eigenvalue weighted by molar-refractivity contribution is 5.96. The van der Waals surface area contributed by atoms with Crippen LogP contribution < -0.4 is 5.32 Å². The van der Waals surface area contributed by atoms with Crippen LogP contribution >= 0.6 is 0 Å². The van der Waals surface area contributed by atoms with Crippen molar-refractivity contribution in [2.24, 2.45) is 0 Å². The standard InChI is InChI=1S/C18H17FN2/c1-2-20-11-13-6-7-16(18(19)10-13)15-5-3-4-14-8-9-21-12-17(14)15/h3-10,12,20H,2,11H2,1H3. The molecule has 0 saturated carbocycles. The summed E-state index contributed by atoms with van der Waals surface area (Å²) in [6.45, 7) is 3.59. The lowest BCUT2D eigenvalue weighted by Gasteiger charge is -2.09. The van der Waals surface area contributed by atoms with E-state index >= 15 is 0 Å². The van der Waals surface area contributed by atoms with Crippen LogP contribution in [0.5, 0.6) is 0 Å². The smallest absolute Gasteiger partial charge is 0.131 e. The van der Waals surface area contributed by atoms with Crippen molar-refractivity contribution in [3.8, 4) is 11.1 Å². The Morgan fingerprint density at radius 3 is 2.81 bits per heavy atom. The summed E-state index contributed by atoms with van der Waals surface area (Å²) in [5.74, 6) is -0.193. The molecule has 1 heterocycles. The summed E-state index contributed by atoms with van der Waals surface area (Å²) in [6, 6.07) is 13.3. The van der Waals surface area contributed by atoms with Crippen LogP contribution in [0.15, 0.2) is 54.9 Å². The van der Waals surface area contributed by atoms with Crippen LogP contribution in [0.25, 0.3) is 21.9 Å². The van der Waals surface area contributed by atoms with E-state index in [1.54, 1.807) is 18.5 Å². The van der Waals surface area contributed by atoms with Gasteiger partial charge in [0, 0.05) is 29.9 Å². The average molecular weight is 280 g/mol. The quantitative estimate of drug-likeness (QED) is 0.776. The van der Waals surface area contributed by atoms with E-state index in [9.17, 15) is 4.39 Å².